The maximum atomic E-state index is 10.7. The summed E-state index contributed by atoms with van der Waals surface area (Å²) in [7, 11) is 1.32. The van der Waals surface area contributed by atoms with Crippen LogP contribution in [0.5, 0.6) is 0 Å². The zero-order chi connectivity index (χ0) is 11.1. The van der Waals surface area contributed by atoms with E-state index in [2.05, 4.69) is 10.1 Å². The summed E-state index contributed by atoms with van der Waals surface area (Å²) in [5, 5.41) is 12.9. The van der Waals surface area contributed by atoms with E-state index >= 15 is 0 Å². The predicted octanol–water partition coefficient (Wildman–Crippen LogP) is -0.196. The smallest absolute Gasteiger partial charge is 0.331 e. The Kier molecular flexibility index (Phi) is 4.58. The van der Waals surface area contributed by atoms with E-state index in [-0.39, 0.29) is 0 Å². The first-order valence-electron chi connectivity index (χ1n) is 4.94. The first-order chi connectivity index (χ1) is 7.16. The average Bonchev–Trinajstić information content (AvgIpc) is 2.25. The molecule has 86 valence electrons. The van der Waals surface area contributed by atoms with Gasteiger partial charge in [0.2, 0.25) is 0 Å². The van der Waals surface area contributed by atoms with E-state index in [9.17, 15) is 9.90 Å². The Bertz CT molecular complexity index is 234. The number of rotatable bonds is 4. The van der Waals surface area contributed by atoms with Crippen LogP contribution < -0.4 is 5.32 Å². The van der Waals surface area contributed by atoms with Crippen molar-refractivity contribution in [2.75, 3.05) is 26.9 Å². The van der Waals surface area contributed by atoms with Crippen molar-refractivity contribution in [2.45, 2.75) is 18.4 Å². The molecule has 1 aliphatic heterocycles. The number of nitrogens with one attached hydrogen (secondary N) is 1. The number of carbonyl (C=O) groups excluding carboxylic acids is 1. The molecule has 0 bridgehead atoms. The number of ether oxygens (including phenoxy) is 2. The zero-order valence-corrected chi connectivity index (χ0v) is 8.86. The third-order valence-electron chi connectivity index (χ3n) is 2.39. The van der Waals surface area contributed by atoms with Crippen LogP contribution in [0.3, 0.4) is 0 Å². The molecule has 0 amide bonds. The van der Waals surface area contributed by atoms with Gasteiger partial charge in [0, 0.05) is 44.9 Å². The standard InChI is InChI=1S/C10H17NO4/c1-14-9(12)2-5-11-8-10(13)3-6-15-7-4-10/h2,5,11,13H,3-4,6-8H2,1H3/b5-2+. The number of hydrogen-bond donors (Lipinski definition) is 2. The number of esters is 1. The van der Waals surface area contributed by atoms with Gasteiger partial charge in [-0.2, -0.15) is 0 Å². The maximum absolute atomic E-state index is 10.7. The lowest BCUT2D eigenvalue weighted by atomic mass is 9.94. The second-order valence-electron chi connectivity index (χ2n) is 3.57. The van der Waals surface area contributed by atoms with Crippen LogP contribution in [0.15, 0.2) is 12.3 Å². The summed E-state index contributed by atoms with van der Waals surface area (Å²) < 4.78 is 9.57. The lowest BCUT2D eigenvalue weighted by Gasteiger charge is -2.31. The summed E-state index contributed by atoms with van der Waals surface area (Å²) in [6.45, 7) is 1.58. The van der Waals surface area contributed by atoms with Gasteiger partial charge in [-0.05, 0) is 0 Å². The van der Waals surface area contributed by atoms with Crippen molar-refractivity contribution in [1.82, 2.24) is 5.32 Å². The van der Waals surface area contributed by atoms with Crippen LogP contribution >= 0.6 is 0 Å². The molecule has 0 aliphatic carbocycles. The topological polar surface area (TPSA) is 67.8 Å². The van der Waals surface area contributed by atoms with Gasteiger partial charge in [-0.1, -0.05) is 0 Å². The summed E-state index contributed by atoms with van der Waals surface area (Å²) in [4.78, 5) is 10.7. The molecule has 2 N–H and O–H groups in total. The van der Waals surface area contributed by atoms with Crippen molar-refractivity contribution in [3.05, 3.63) is 12.3 Å². The van der Waals surface area contributed by atoms with Gasteiger partial charge in [0.15, 0.2) is 0 Å². The summed E-state index contributed by atoms with van der Waals surface area (Å²) in [5.74, 6) is -0.415. The third-order valence-corrected chi connectivity index (χ3v) is 2.39. The molecule has 1 saturated heterocycles. The van der Waals surface area contributed by atoms with Crippen molar-refractivity contribution in [3.63, 3.8) is 0 Å². The number of methoxy groups -OCH3 is 1. The lowest BCUT2D eigenvalue weighted by Crippen LogP contribution is -2.43. The van der Waals surface area contributed by atoms with Gasteiger partial charge in [-0.15, -0.1) is 0 Å². The minimum atomic E-state index is -0.724. The van der Waals surface area contributed by atoms with Crippen LogP contribution in [0, 0.1) is 0 Å². The zero-order valence-electron chi connectivity index (χ0n) is 8.86. The number of aliphatic hydroxyl groups is 1. The molecule has 0 aromatic carbocycles. The molecule has 1 heterocycles. The Morgan fingerprint density at radius 1 is 1.60 bits per heavy atom. The number of hydrogen-bond acceptors (Lipinski definition) is 5. The fourth-order valence-electron chi connectivity index (χ4n) is 1.37. The van der Waals surface area contributed by atoms with Gasteiger partial charge in [0.1, 0.15) is 0 Å². The Morgan fingerprint density at radius 2 is 2.27 bits per heavy atom. The van der Waals surface area contributed by atoms with Gasteiger partial charge in [-0.3, -0.25) is 0 Å². The molecular formula is C10H17NO4. The van der Waals surface area contributed by atoms with E-state index in [4.69, 9.17) is 4.74 Å². The molecule has 15 heavy (non-hydrogen) atoms. The molecule has 0 spiro atoms. The van der Waals surface area contributed by atoms with Crippen LogP contribution in [-0.2, 0) is 14.3 Å². The quantitative estimate of drug-likeness (QED) is 0.502. The molecule has 5 heteroatoms. The second kappa shape index (κ2) is 5.72. The highest BCUT2D eigenvalue weighted by Crippen LogP contribution is 2.18. The molecule has 5 nitrogen and oxygen atoms in total. The van der Waals surface area contributed by atoms with Crippen LogP contribution in [0.4, 0.5) is 0 Å². The normalized spacial score (nSPS) is 20.1. The lowest BCUT2D eigenvalue weighted by molar-refractivity contribution is -0.134. The summed E-state index contributed by atoms with van der Waals surface area (Å²) in [6, 6.07) is 0. The van der Waals surface area contributed by atoms with E-state index in [1.807, 2.05) is 0 Å². The predicted molar refractivity (Wildman–Crippen MR) is 54.2 cm³/mol. The minimum absolute atomic E-state index is 0.415. The fraction of sp³-hybridized carbons (Fsp3) is 0.700. The summed E-state index contributed by atoms with van der Waals surface area (Å²) in [5.41, 5.74) is -0.724. The van der Waals surface area contributed by atoms with E-state index in [1.54, 1.807) is 0 Å². The Labute approximate surface area is 89.1 Å². The molecule has 1 aliphatic rings. The fourth-order valence-corrected chi connectivity index (χ4v) is 1.37. The van der Waals surface area contributed by atoms with Crippen LogP contribution in [0.2, 0.25) is 0 Å². The molecule has 1 rings (SSSR count). The molecule has 0 aromatic heterocycles. The molecule has 0 atom stereocenters. The van der Waals surface area contributed by atoms with Gasteiger partial charge in [-0.25, -0.2) is 4.79 Å². The van der Waals surface area contributed by atoms with Crippen molar-refractivity contribution < 1.29 is 19.4 Å². The maximum Gasteiger partial charge on any atom is 0.331 e. The van der Waals surface area contributed by atoms with Crippen molar-refractivity contribution >= 4 is 5.97 Å². The van der Waals surface area contributed by atoms with Crippen LogP contribution in [-0.4, -0.2) is 43.5 Å². The summed E-state index contributed by atoms with van der Waals surface area (Å²) >= 11 is 0. The van der Waals surface area contributed by atoms with E-state index in [0.717, 1.165) is 0 Å². The van der Waals surface area contributed by atoms with E-state index < -0.39 is 11.6 Å². The Balaban J connectivity index is 2.23. The molecule has 0 aromatic rings. The Hall–Kier alpha value is -1.07. The van der Waals surface area contributed by atoms with Crippen molar-refractivity contribution in [2.24, 2.45) is 0 Å². The average molecular weight is 215 g/mol. The minimum Gasteiger partial charge on any atom is -0.466 e. The van der Waals surface area contributed by atoms with Gasteiger partial charge in [0.05, 0.1) is 12.7 Å². The molecule has 1 fully saturated rings. The van der Waals surface area contributed by atoms with Crippen LogP contribution in [0.25, 0.3) is 0 Å². The highest BCUT2D eigenvalue weighted by atomic mass is 16.5. The largest absolute Gasteiger partial charge is 0.466 e. The first-order valence-corrected chi connectivity index (χ1v) is 4.94. The second-order valence-corrected chi connectivity index (χ2v) is 3.57. The first kappa shape index (κ1) is 12.0. The molecule has 0 radical (unpaired) electrons. The molecule has 0 unspecified atom stereocenters. The monoisotopic (exact) mass is 215 g/mol. The van der Waals surface area contributed by atoms with Gasteiger partial charge < -0.3 is 19.9 Å². The van der Waals surface area contributed by atoms with E-state index in [1.165, 1.54) is 19.4 Å². The SMILES string of the molecule is COC(=O)/C=C/NCC1(O)CCOCC1. The molecular weight excluding hydrogens is 198 g/mol. The van der Waals surface area contributed by atoms with Gasteiger partial charge >= 0.3 is 5.97 Å². The molecule has 0 saturated carbocycles. The van der Waals surface area contributed by atoms with Crippen molar-refractivity contribution in [1.29, 1.82) is 0 Å². The van der Waals surface area contributed by atoms with Crippen LogP contribution in [0.1, 0.15) is 12.8 Å². The van der Waals surface area contributed by atoms with E-state index in [0.29, 0.717) is 32.6 Å². The summed E-state index contributed by atoms with van der Waals surface area (Å²) in [6.07, 6.45) is 4.00. The van der Waals surface area contributed by atoms with Gasteiger partial charge in [0.25, 0.3) is 0 Å². The third kappa shape index (κ3) is 4.31. The highest BCUT2D eigenvalue weighted by Gasteiger charge is 2.28. The Morgan fingerprint density at radius 3 is 2.87 bits per heavy atom. The highest BCUT2D eigenvalue weighted by molar-refractivity contribution is 5.81. The number of carbonyl (C=O) groups is 1. The van der Waals surface area contributed by atoms with Crippen molar-refractivity contribution in [3.8, 4) is 0 Å².